The van der Waals surface area contributed by atoms with Crippen LogP contribution in [0.4, 0.5) is 5.69 Å². The number of hydrogen-bond acceptors (Lipinski definition) is 4. The Bertz CT molecular complexity index is 1270. The van der Waals surface area contributed by atoms with E-state index in [4.69, 9.17) is 18.9 Å². The molecule has 0 spiro atoms. The SMILES string of the molecule is CCOc1ccc(NC(c2cc(OC)c(OC)c(OC)c2)=[N+](Cc2ccccc2)Cc2ccccc2)cc1. The van der Waals surface area contributed by atoms with Crippen LogP contribution in [0.15, 0.2) is 97.1 Å². The summed E-state index contributed by atoms with van der Waals surface area (Å²) in [4.78, 5) is 0. The van der Waals surface area contributed by atoms with Gasteiger partial charge >= 0.3 is 0 Å². The molecule has 0 atom stereocenters. The zero-order chi connectivity index (χ0) is 26.7. The van der Waals surface area contributed by atoms with Crippen LogP contribution in [0.25, 0.3) is 0 Å². The van der Waals surface area contributed by atoms with Gasteiger partial charge in [0.25, 0.3) is 5.84 Å². The molecule has 196 valence electrons. The van der Waals surface area contributed by atoms with E-state index in [2.05, 4.69) is 58.4 Å². The Labute approximate surface area is 225 Å². The summed E-state index contributed by atoms with van der Waals surface area (Å²) in [5, 5.41) is 3.68. The van der Waals surface area contributed by atoms with E-state index >= 15 is 0 Å². The van der Waals surface area contributed by atoms with E-state index in [0.29, 0.717) is 36.9 Å². The van der Waals surface area contributed by atoms with Gasteiger partial charge in [-0.05, 0) is 54.4 Å². The maximum atomic E-state index is 5.70. The third kappa shape index (κ3) is 6.65. The number of methoxy groups -OCH3 is 3. The van der Waals surface area contributed by atoms with Crippen LogP contribution >= 0.6 is 0 Å². The lowest BCUT2D eigenvalue weighted by Crippen LogP contribution is -2.29. The average Bonchev–Trinajstić information content (AvgIpc) is 2.97. The highest BCUT2D eigenvalue weighted by atomic mass is 16.5. The first-order valence-electron chi connectivity index (χ1n) is 12.6. The van der Waals surface area contributed by atoms with Crippen molar-refractivity contribution in [2.45, 2.75) is 20.0 Å². The van der Waals surface area contributed by atoms with Gasteiger partial charge in [-0.3, -0.25) is 4.58 Å². The van der Waals surface area contributed by atoms with Crippen molar-refractivity contribution in [1.82, 2.24) is 0 Å². The van der Waals surface area contributed by atoms with Gasteiger partial charge in [-0.1, -0.05) is 60.7 Å². The Hall–Kier alpha value is -4.45. The molecular formula is C32H35N2O4+. The molecule has 0 radical (unpaired) electrons. The zero-order valence-corrected chi connectivity index (χ0v) is 22.4. The summed E-state index contributed by atoms with van der Waals surface area (Å²) in [5.74, 6) is 3.47. The first-order valence-corrected chi connectivity index (χ1v) is 12.6. The monoisotopic (exact) mass is 511 g/mol. The van der Waals surface area contributed by atoms with Crippen LogP contribution < -0.4 is 24.3 Å². The molecule has 0 saturated heterocycles. The Morgan fingerprint density at radius 1 is 0.684 bits per heavy atom. The topological polar surface area (TPSA) is 52.0 Å². The van der Waals surface area contributed by atoms with Gasteiger partial charge < -0.3 is 18.9 Å². The molecule has 0 amide bonds. The van der Waals surface area contributed by atoms with Crippen LogP contribution in [-0.4, -0.2) is 38.3 Å². The van der Waals surface area contributed by atoms with E-state index in [-0.39, 0.29) is 0 Å². The molecule has 0 heterocycles. The Kier molecular flexibility index (Phi) is 9.24. The van der Waals surface area contributed by atoms with Gasteiger partial charge in [-0.2, -0.15) is 0 Å². The molecule has 4 rings (SSSR count). The average molecular weight is 512 g/mol. The van der Waals surface area contributed by atoms with Gasteiger partial charge in [-0.25, -0.2) is 5.32 Å². The van der Waals surface area contributed by atoms with Crippen molar-refractivity contribution in [3.8, 4) is 23.0 Å². The quantitative estimate of drug-likeness (QED) is 0.144. The van der Waals surface area contributed by atoms with Gasteiger partial charge in [0.05, 0.1) is 33.5 Å². The molecule has 0 bridgehead atoms. The minimum atomic E-state index is 0.553. The number of anilines is 1. The zero-order valence-electron chi connectivity index (χ0n) is 22.4. The summed E-state index contributed by atoms with van der Waals surface area (Å²) in [6.45, 7) is 3.97. The molecule has 6 nitrogen and oxygen atoms in total. The first kappa shape index (κ1) is 26.6. The Morgan fingerprint density at radius 3 is 1.66 bits per heavy atom. The van der Waals surface area contributed by atoms with Crippen LogP contribution in [0.1, 0.15) is 23.6 Å². The second-order valence-corrected chi connectivity index (χ2v) is 8.67. The van der Waals surface area contributed by atoms with E-state index in [1.54, 1.807) is 21.3 Å². The molecule has 0 aliphatic heterocycles. The van der Waals surface area contributed by atoms with Crippen molar-refractivity contribution in [2.24, 2.45) is 0 Å². The fraction of sp³-hybridized carbons (Fsp3) is 0.219. The Morgan fingerprint density at radius 2 is 1.21 bits per heavy atom. The van der Waals surface area contributed by atoms with Crippen molar-refractivity contribution in [1.29, 1.82) is 0 Å². The van der Waals surface area contributed by atoms with Gasteiger partial charge in [0.1, 0.15) is 24.5 Å². The molecule has 4 aromatic carbocycles. The fourth-order valence-electron chi connectivity index (χ4n) is 4.31. The fourth-order valence-corrected chi connectivity index (χ4v) is 4.31. The molecule has 0 aromatic heterocycles. The lowest BCUT2D eigenvalue weighted by atomic mass is 10.1. The summed E-state index contributed by atoms with van der Waals surface area (Å²) >= 11 is 0. The maximum absolute atomic E-state index is 5.70. The summed E-state index contributed by atoms with van der Waals surface area (Å²) < 4.78 is 25.0. The van der Waals surface area contributed by atoms with Gasteiger partial charge in [-0.15, -0.1) is 0 Å². The normalized spacial score (nSPS) is 10.4. The van der Waals surface area contributed by atoms with E-state index in [9.17, 15) is 0 Å². The highest BCUT2D eigenvalue weighted by Crippen LogP contribution is 2.38. The number of rotatable bonds is 11. The molecule has 0 unspecified atom stereocenters. The second kappa shape index (κ2) is 13.2. The van der Waals surface area contributed by atoms with E-state index in [1.807, 2.05) is 55.5 Å². The molecule has 0 fully saturated rings. The Balaban J connectivity index is 1.90. The highest BCUT2D eigenvalue weighted by molar-refractivity contribution is 6.05. The van der Waals surface area contributed by atoms with Crippen LogP contribution in [0.5, 0.6) is 23.0 Å². The number of hydrogen-bond donors (Lipinski definition) is 1. The van der Waals surface area contributed by atoms with Crippen molar-refractivity contribution in [2.75, 3.05) is 33.3 Å². The van der Waals surface area contributed by atoms with Gasteiger partial charge in [0.15, 0.2) is 11.5 Å². The number of nitrogens with zero attached hydrogens (tertiary/aromatic N) is 1. The van der Waals surface area contributed by atoms with Crippen molar-refractivity contribution < 1.29 is 23.5 Å². The van der Waals surface area contributed by atoms with Crippen LogP contribution in [-0.2, 0) is 13.1 Å². The molecule has 38 heavy (non-hydrogen) atoms. The third-order valence-corrected chi connectivity index (χ3v) is 6.11. The number of nitrogens with one attached hydrogen (secondary N) is 1. The molecule has 4 aromatic rings. The molecule has 0 saturated carbocycles. The molecular weight excluding hydrogens is 476 g/mol. The van der Waals surface area contributed by atoms with Gasteiger partial charge in [0, 0.05) is 0 Å². The predicted molar refractivity (Wildman–Crippen MR) is 152 cm³/mol. The van der Waals surface area contributed by atoms with Crippen molar-refractivity contribution in [3.63, 3.8) is 0 Å². The van der Waals surface area contributed by atoms with Crippen molar-refractivity contribution >= 4 is 11.5 Å². The molecule has 0 aliphatic carbocycles. The van der Waals surface area contributed by atoms with Crippen LogP contribution in [0, 0.1) is 0 Å². The lowest BCUT2D eigenvalue weighted by molar-refractivity contribution is -0.559. The summed E-state index contributed by atoms with van der Waals surface area (Å²) in [6, 6.07) is 32.8. The summed E-state index contributed by atoms with van der Waals surface area (Å²) in [7, 11) is 4.87. The number of ether oxygens (including phenoxy) is 4. The largest absolute Gasteiger partial charge is 0.494 e. The van der Waals surface area contributed by atoms with Crippen LogP contribution in [0.3, 0.4) is 0 Å². The smallest absolute Gasteiger partial charge is 0.283 e. The number of amidine groups is 1. The van der Waals surface area contributed by atoms with Gasteiger partial charge in [0.2, 0.25) is 5.75 Å². The maximum Gasteiger partial charge on any atom is 0.283 e. The minimum Gasteiger partial charge on any atom is -0.494 e. The molecule has 6 heteroatoms. The molecule has 0 aliphatic rings. The van der Waals surface area contributed by atoms with E-state index < -0.39 is 0 Å². The highest BCUT2D eigenvalue weighted by Gasteiger charge is 2.23. The second-order valence-electron chi connectivity index (χ2n) is 8.67. The first-order chi connectivity index (χ1) is 18.6. The van der Waals surface area contributed by atoms with E-state index in [1.165, 1.54) is 11.1 Å². The lowest BCUT2D eigenvalue weighted by Gasteiger charge is -2.17. The molecule has 1 N–H and O–H groups in total. The standard InChI is InChI=1S/C32H34N2O4/c1-5-38-28-18-16-27(17-19-28)33-32(26-20-29(35-2)31(37-4)30(21-26)36-3)34(22-24-12-8-6-9-13-24)23-25-14-10-7-11-15-25/h6-21H,5,22-23H2,1-4H3/p+1. The third-order valence-electron chi connectivity index (χ3n) is 6.11. The van der Waals surface area contributed by atoms with Crippen LogP contribution in [0.2, 0.25) is 0 Å². The predicted octanol–water partition coefficient (Wildman–Crippen LogP) is 6.38. The number of benzene rings is 4. The van der Waals surface area contributed by atoms with E-state index in [0.717, 1.165) is 22.8 Å². The van der Waals surface area contributed by atoms with Crippen molar-refractivity contribution in [3.05, 3.63) is 114 Å². The summed E-state index contributed by atoms with van der Waals surface area (Å²) in [5.41, 5.74) is 4.23. The minimum absolute atomic E-state index is 0.553. The summed E-state index contributed by atoms with van der Waals surface area (Å²) in [6.07, 6.45) is 0.